The number of carbonyl (C=O) groups is 2. The highest BCUT2D eigenvalue weighted by Gasteiger charge is 2.36. The van der Waals surface area contributed by atoms with Gasteiger partial charge >= 0.3 is 12.1 Å². The minimum atomic E-state index is -1.28. The van der Waals surface area contributed by atoms with E-state index in [0.29, 0.717) is 5.57 Å². The van der Waals surface area contributed by atoms with Crippen LogP contribution in [0.4, 0.5) is 4.79 Å². The smallest absolute Gasteiger partial charge is 0.408 e. The summed E-state index contributed by atoms with van der Waals surface area (Å²) in [5.74, 6) is -1.19. The van der Waals surface area contributed by atoms with Gasteiger partial charge in [0, 0.05) is 19.0 Å². The van der Waals surface area contributed by atoms with Gasteiger partial charge in [0.05, 0.1) is 6.07 Å². The van der Waals surface area contributed by atoms with Crippen LogP contribution in [0, 0.1) is 11.3 Å². The number of rotatable bonds is 1. The second kappa shape index (κ2) is 3.79. The molecule has 0 aromatic carbocycles. The predicted octanol–water partition coefficient (Wildman–Crippen LogP) is 0.273. The lowest BCUT2D eigenvalue weighted by Gasteiger charge is -2.16. The van der Waals surface area contributed by atoms with E-state index < -0.39 is 18.1 Å². The Bertz CT molecular complexity index is 318. The normalized spacial score (nSPS) is 23.5. The Morgan fingerprint density at radius 2 is 2.21 bits per heavy atom. The van der Waals surface area contributed by atoms with Gasteiger partial charge in [-0.1, -0.05) is 0 Å². The molecular weight excluding hydrogens is 188 g/mol. The van der Waals surface area contributed by atoms with E-state index in [9.17, 15) is 9.59 Å². The molecule has 0 unspecified atom stereocenters. The molecule has 6 heteroatoms. The van der Waals surface area contributed by atoms with Crippen LogP contribution in [0.25, 0.3) is 0 Å². The molecule has 1 fully saturated rings. The van der Waals surface area contributed by atoms with E-state index in [1.807, 2.05) is 0 Å². The lowest BCUT2D eigenvalue weighted by molar-refractivity contribution is -0.141. The summed E-state index contributed by atoms with van der Waals surface area (Å²) >= 11 is 0. The third kappa shape index (κ3) is 1.82. The number of nitriles is 1. The molecule has 1 rings (SSSR count). The van der Waals surface area contributed by atoms with Gasteiger partial charge in [-0.15, -0.1) is 0 Å². The van der Waals surface area contributed by atoms with E-state index in [-0.39, 0.29) is 13.0 Å². The molecule has 0 spiro atoms. The van der Waals surface area contributed by atoms with Gasteiger partial charge in [0.1, 0.15) is 6.04 Å². The summed E-state index contributed by atoms with van der Waals surface area (Å²) < 4.78 is 0. The number of nitrogens with zero attached hydrogens (tertiary/aromatic N) is 2. The van der Waals surface area contributed by atoms with Gasteiger partial charge in [0.15, 0.2) is 0 Å². The van der Waals surface area contributed by atoms with Crippen LogP contribution in [0.1, 0.15) is 6.42 Å². The minimum absolute atomic E-state index is 0.000139. The van der Waals surface area contributed by atoms with Crippen LogP contribution in [0.2, 0.25) is 0 Å². The highest BCUT2D eigenvalue weighted by molar-refractivity contribution is 5.81. The van der Waals surface area contributed by atoms with Crippen molar-refractivity contribution in [1.82, 2.24) is 4.90 Å². The first-order chi connectivity index (χ1) is 6.56. The average molecular weight is 196 g/mol. The van der Waals surface area contributed by atoms with E-state index in [0.717, 1.165) is 4.90 Å². The maximum absolute atomic E-state index is 10.7. The molecule has 0 aromatic heterocycles. The molecule has 1 aliphatic heterocycles. The Balaban J connectivity index is 2.87. The van der Waals surface area contributed by atoms with E-state index in [1.54, 1.807) is 6.07 Å². The molecule has 1 aliphatic rings. The topological polar surface area (TPSA) is 102 Å². The molecule has 1 amide bonds. The summed E-state index contributed by atoms with van der Waals surface area (Å²) in [4.78, 5) is 22.1. The monoisotopic (exact) mass is 196 g/mol. The zero-order valence-corrected chi connectivity index (χ0v) is 7.17. The quantitative estimate of drug-likeness (QED) is 0.586. The summed E-state index contributed by atoms with van der Waals surface area (Å²) in [6, 6.07) is 0.691. The van der Waals surface area contributed by atoms with Gasteiger partial charge in [-0.25, -0.2) is 9.59 Å². The SMILES string of the molecule is N#CC=C1C[C@@H](C(=O)O)N(C(=O)O)C1. The molecule has 0 aromatic rings. The predicted molar refractivity (Wildman–Crippen MR) is 44.5 cm³/mol. The molecule has 0 aliphatic carbocycles. The van der Waals surface area contributed by atoms with Crippen molar-refractivity contribution in [2.24, 2.45) is 0 Å². The van der Waals surface area contributed by atoms with Crippen LogP contribution >= 0.6 is 0 Å². The fourth-order valence-electron chi connectivity index (χ4n) is 1.37. The molecule has 2 N–H and O–H groups in total. The number of carboxylic acids is 1. The Morgan fingerprint density at radius 1 is 1.57 bits per heavy atom. The molecular formula is C8H8N2O4. The van der Waals surface area contributed by atoms with Gasteiger partial charge < -0.3 is 10.2 Å². The first-order valence-electron chi connectivity index (χ1n) is 3.86. The Hall–Kier alpha value is -2.03. The Morgan fingerprint density at radius 3 is 2.57 bits per heavy atom. The van der Waals surface area contributed by atoms with Crippen LogP contribution in [-0.4, -0.2) is 39.8 Å². The summed E-state index contributed by atoms with van der Waals surface area (Å²) in [5, 5.41) is 25.7. The summed E-state index contributed by atoms with van der Waals surface area (Å²) in [5.41, 5.74) is 0.530. The third-order valence-corrected chi connectivity index (χ3v) is 2.00. The van der Waals surface area contributed by atoms with Crippen LogP contribution < -0.4 is 0 Å². The fraction of sp³-hybridized carbons (Fsp3) is 0.375. The molecule has 1 saturated heterocycles. The average Bonchev–Trinajstić information content (AvgIpc) is 2.49. The molecule has 14 heavy (non-hydrogen) atoms. The second-order valence-corrected chi connectivity index (χ2v) is 2.90. The van der Waals surface area contributed by atoms with Gasteiger partial charge in [0.2, 0.25) is 0 Å². The number of allylic oxidation sites excluding steroid dienone is 1. The lowest BCUT2D eigenvalue weighted by Crippen LogP contribution is -2.39. The molecule has 0 saturated carbocycles. The van der Waals surface area contributed by atoms with E-state index >= 15 is 0 Å². The number of hydrogen-bond donors (Lipinski definition) is 2. The highest BCUT2D eigenvalue weighted by atomic mass is 16.4. The van der Waals surface area contributed by atoms with Crippen molar-refractivity contribution < 1.29 is 19.8 Å². The largest absolute Gasteiger partial charge is 0.480 e. The fourth-order valence-corrected chi connectivity index (χ4v) is 1.37. The molecule has 74 valence electrons. The van der Waals surface area contributed by atoms with Gasteiger partial charge in [0.25, 0.3) is 0 Å². The van der Waals surface area contributed by atoms with E-state index in [4.69, 9.17) is 15.5 Å². The van der Waals surface area contributed by atoms with Crippen molar-refractivity contribution in [3.05, 3.63) is 11.6 Å². The van der Waals surface area contributed by atoms with Crippen molar-refractivity contribution in [3.63, 3.8) is 0 Å². The lowest BCUT2D eigenvalue weighted by atomic mass is 10.1. The van der Waals surface area contributed by atoms with Crippen molar-refractivity contribution in [1.29, 1.82) is 5.26 Å². The summed E-state index contributed by atoms with van der Waals surface area (Å²) in [6.07, 6.45) is 0.00684. The molecule has 0 radical (unpaired) electrons. The zero-order chi connectivity index (χ0) is 10.7. The molecule has 0 bridgehead atoms. The summed E-state index contributed by atoms with van der Waals surface area (Å²) in [7, 11) is 0. The van der Waals surface area contributed by atoms with E-state index in [1.165, 1.54) is 6.08 Å². The zero-order valence-electron chi connectivity index (χ0n) is 7.17. The number of carboxylic acid groups (broad SMARTS) is 2. The van der Waals surface area contributed by atoms with Crippen LogP contribution in [-0.2, 0) is 4.79 Å². The number of hydrogen-bond acceptors (Lipinski definition) is 3. The summed E-state index contributed by atoms with van der Waals surface area (Å²) in [6.45, 7) is -0.000139. The number of aliphatic carboxylic acids is 1. The van der Waals surface area contributed by atoms with Gasteiger partial charge in [-0.3, -0.25) is 4.90 Å². The van der Waals surface area contributed by atoms with Crippen LogP contribution in [0.15, 0.2) is 11.6 Å². The van der Waals surface area contributed by atoms with E-state index in [2.05, 4.69) is 0 Å². The van der Waals surface area contributed by atoms with Crippen LogP contribution in [0.3, 0.4) is 0 Å². The van der Waals surface area contributed by atoms with Crippen molar-refractivity contribution in [2.75, 3.05) is 6.54 Å². The first-order valence-corrected chi connectivity index (χ1v) is 3.86. The van der Waals surface area contributed by atoms with Crippen molar-refractivity contribution in [2.45, 2.75) is 12.5 Å². The van der Waals surface area contributed by atoms with Crippen molar-refractivity contribution in [3.8, 4) is 6.07 Å². The second-order valence-electron chi connectivity index (χ2n) is 2.90. The standard InChI is InChI=1S/C8H8N2O4/c9-2-1-5-3-6(7(11)12)10(4-5)8(13)14/h1,6H,3-4H2,(H,11,12)(H,13,14)/t6-/m0/s1. The molecule has 1 heterocycles. The minimum Gasteiger partial charge on any atom is -0.480 e. The highest BCUT2D eigenvalue weighted by Crippen LogP contribution is 2.22. The first kappa shape index (κ1) is 10.1. The third-order valence-electron chi connectivity index (χ3n) is 2.00. The number of amides is 1. The van der Waals surface area contributed by atoms with Gasteiger partial charge in [-0.05, 0) is 5.57 Å². The molecule has 6 nitrogen and oxygen atoms in total. The number of likely N-dealkylation sites (tertiary alicyclic amines) is 1. The molecule has 1 atom stereocenters. The Labute approximate surface area is 79.7 Å². The van der Waals surface area contributed by atoms with Gasteiger partial charge in [-0.2, -0.15) is 5.26 Å². The Kier molecular flexibility index (Phi) is 2.72. The maximum atomic E-state index is 10.7. The van der Waals surface area contributed by atoms with Crippen molar-refractivity contribution >= 4 is 12.1 Å². The maximum Gasteiger partial charge on any atom is 0.408 e. The van der Waals surface area contributed by atoms with Crippen LogP contribution in [0.5, 0.6) is 0 Å².